The average molecular weight is 497 g/mol. The highest BCUT2D eigenvalue weighted by atomic mass is 16.6. The summed E-state index contributed by atoms with van der Waals surface area (Å²) in [4.78, 5) is 39.9. The van der Waals surface area contributed by atoms with E-state index in [-0.39, 0.29) is 6.54 Å². The van der Waals surface area contributed by atoms with Gasteiger partial charge in [-0.3, -0.25) is 9.59 Å². The van der Waals surface area contributed by atoms with Crippen molar-refractivity contribution >= 4 is 34.4 Å². The number of nitrogens with one attached hydrogen (secondary N) is 2. The lowest BCUT2D eigenvalue weighted by Crippen LogP contribution is -2.46. The van der Waals surface area contributed by atoms with Crippen molar-refractivity contribution < 1.29 is 19.1 Å². The Labute approximate surface area is 216 Å². The molecule has 0 aliphatic heterocycles. The van der Waals surface area contributed by atoms with Crippen LogP contribution in [0.1, 0.15) is 37.9 Å². The number of nitrogens with zero attached hydrogens (tertiary/aromatic N) is 2. The van der Waals surface area contributed by atoms with Crippen LogP contribution in [0.25, 0.3) is 10.8 Å². The highest BCUT2D eigenvalue weighted by molar-refractivity contribution is 6.00. The highest BCUT2D eigenvalue weighted by Gasteiger charge is 2.32. The lowest BCUT2D eigenvalue weighted by Gasteiger charge is -2.30. The molecule has 3 amide bonds. The van der Waals surface area contributed by atoms with E-state index in [1.54, 1.807) is 51.1 Å². The molecule has 0 radical (unpaired) electrons. The predicted molar refractivity (Wildman–Crippen MR) is 141 cm³/mol. The van der Waals surface area contributed by atoms with Gasteiger partial charge in [0.05, 0.1) is 6.07 Å². The van der Waals surface area contributed by atoms with Crippen molar-refractivity contribution in [2.75, 3.05) is 18.4 Å². The summed E-state index contributed by atoms with van der Waals surface area (Å²) in [5, 5.41) is 16.7. The number of carbonyl (C=O) groups excluding carboxylic acids is 3. The topological polar surface area (TPSA) is 112 Å². The Kier molecular flexibility index (Phi) is 8.50. The Bertz CT molecular complexity index is 1380. The maximum atomic E-state index is 13.6. The van der Waals surface area contributed by atoms with Crippen molar-refractivity contribution in [3.63, 3.8) is 0 Å². The summed E-state index contributed by atoms with van der Waals surface area (Å²) >= 11 is 0. The number of carbonyl (C=O) groups is 3. The normalized spacial score (nSPS) is 11.5. The third-order valence-corrected chi connectivity index (χ3v) is 5.31. The van der Waals surface area contributed by atoms with Gasteiger partial charge >= 0.3 is 6.09 Å². The molecule has 0 aliphatic rings. The maximum absolute atomic E-state index is 13.6. The summed E-state index contributed by atoms with van der Waals surface area (Å²) in [6.45, 7) is 4.25. The number of hydrogen-bond donors (Lipinski definition) is 2. The fourth-order valence-corrected chi connectivity index (χ4v) is 3.68. The molecule has 2 N–H and O–H groups in total. The van der Waals surface area contributed by atoms with E-state index in [1.165, 1.54) is 0 Å². The Morgan fingerprint density at radius 2 is 1.70 bits per heavy atom. The molecule has 3 aromatic carbocycles. The van der Waals surface area contributed by atoms with E-state index in [1.807, 2.05) is 42.5 Å². The molecule has 3 aromatic rings. The Morgan fingerprint density at radius 1 is 1.03 bits per heavy atom. The fourth-order valence-electron chi connectivity index (χ4n) is 3.68. The van der Waals surface area contributed by atoms with Gasteiger partial charge in [0.15, 0.2) is 0 Å². The molecule has 0 saturated heterocycles. The second kappa shape index (κ2) is 11.7. The lowest BCUT2D eigenvalue weighted by molar-refractivity contribution is -0.137. The van der Waals surface area contributed by atoms with Crippen molar-refractivity contribution in [3.8, 4) is 18.4 Å². The SMILES string of the molecule is C#Cc1ccc(C(C(=O)Nc2ccc3ccccc3c2)N(CC#N)C(=O)CNC(=O)OC(C)(C)C)cc1. The molecule has 0 aromatic heterocycles. The number of amides is 3. The molecule has 0 heterocycles. The molecule has 1 unspecified atom stereocenters. The number of alkyl carbamates (subject to hydrolysis) is 1. The second-order valence-corrected chi connectivity index (χ2v) is 9.26. The molecular formula is C29H28N4O4. The quantitative estimate of drug-likeness (QED) is 0.373. The third-order valence-electron chi connectivity index (χ3n) is 5.31. The molecule has 1 atom stereocenters. The van der Waals surface area contributed by atoms with E-state index < -0.39 is 36.1 Å². The van der Waals surface area contributed by atoms with Crippen LogP contribution in [0.2, 0.25) is 0 Å². The van der Waals surface area contributed by atoms with Crippen LogP contribution in [-0.4, -0.2) is 41.5 Å². The van der Waals surface area contributed by atoms with Crippen LogP contribution in [-0.2, 0) is 14.3 Å². The Hall–Kier alpha value is -4.82. The number of nitriles is 1. The van der Waals surface area contributed by atoms with Crippen LogP contribution in [0.3, 0.4) is 0 Å². The van der Waals surface area contributed by atoms with Gasteiger partial charge in [-0.15, -0.1) is 6.42 Å². The summed E-state index contributed by atoms with van der Waals surface area (Å²) in [6.07, 6.45) is 4.68. The van der Waals surface area contributed by atoms with Crippen molar-refractivity contribution in [2.24, 2.45) is 0 Å². The standard InChI is InChI=1S/C29H28N4O4/c1-5-20-10-12-22(13-11-20)26(27(35)32-24-15-14-21-8-6-7-9-23(21)18-24)33(17-16-30)25(34)19-31-28(36)37-29(2,3)4/h1,6-15,18,26H,17,19H2,2-4H3,(H,31,36)(H,32,35). The second-order valence-electron chi connectivity index (χ2n) is 9.26. The Morgan fingerprint density at radius 3 is 2.32 bits per heavy atom. The molecule has 0 aliphatic carbocycles. The zero-order valence-corrected chi connectivity index (χ0v) is 20.9. The first-order chi connectivity index (χ1) is 17.6. The monoisotopic (exact) mass is 496 g/mol. The highest BCUT2D eigenvalue weighted by Crippen LogP contribution is 2.25. The van der Waals surface area contributed by atoms with Crippen molar-refractivity contribution in [3.05, 3.63) is 77.9 Å². The zero-order valence-electron chi connectivity index (χ0n) is 20.9. The number of rotatable bonds is 7. The molecule has 8 nitrogen and oxygen atoms in total. The number of ether oxygens (including phenoxy) is 1. The molecule has 3 rings (SSSR count). The summed E-state index contributed by atoms with van der Waals surface area (Å²) < 4.78 is 5.18. The first-order valence-corrected chi connectivity index (χ1v) is 11.6. The van der Waals surface area contributed by atoms with Gasteiger partial charge in [0.2, 0.25) is 5.91 Å². The fraction of sp³-hybridized carbons (Fsp3) is 0.241. The van der Waals surface area contributed by atoms with E-state index in [0.717, 1.165) is 15.7 Å². The van der Waals surface area contributed by atoms with Gasteiger partial charge in [-0.1, -0.05) is 48.4 Å². The van der Waals surface area contributed by atoms with Gasteiger partial charge in [-0.05, 0) is 61.4 Å². The summed E-state index contributed by atoms with van der Waals surface area (Å²) in [5.74, 6) is 1.36. The number of terminal acetylenes is 1. The van der Waals surface area contributed by atoms with Gasteiger partial charge in [0, 0.05) is 11.3 Å². The van der Waals surface area contributed by atoms with Gasteiger partial charge < -0.3 is 20.3 Å². The van der Waals surface area contributed by atoms with Gasteiger partial charge in [0.25, 0.3) is 5.91 Å². The van der Waals surface area contributed by atoms with E-state index in [4.69, 9.17) is 11.2 Å². The van der Waals surface area contributed by atoms with Crippen molar-refractivity contribution in [1.82, 2.24) is 10.2 Å². The van der Waals surface area contributed by atoms with Gasteiger partial charge in [0.1, 0.15) is 24.7 Å². The molecule has 0 fully saturated rings. The minimum atomic E-state index is -1.16. The Balaban J connectivity index is 1.90. The molecular weight excluding hydrogens is 468 g/mol. The summed E-state index contributed by atoms with van der Waals surface area (Å²) in [5.41, 5.74) is 0.839. The predicted octanol–water partition coefficient (Wildman–Crippen LogP) is 4.38. The van der Waals surface area contributed by atoms with E-state index in [2.05, 4.69) is 16.6 Å². The lowest BCUT2D eigenvalue weighted by atomic mass is 10.0. The third kappa shape index (κ3) is 7.33. The maximum Gasteiger partial charge on any atom is 0.408 e. The minimum absolute atomic E-state index is 0.387. The smallest absolute Gasteiger partial charge is 0.408 e. The molecule has 8 heteroatoms. The number of benzene rings is 3. The molecule has 0 saturated carbocycles. The average Bonchev–Trinajstić information content (AvgIpc) is 2.86. The van der Waals surface area contributed by atoms with Crippen LogP contribution in [0.4, 0.5) is 10.5 Å². The molecule has 188 valence electrons. The molecule has 0 bridgehead atoms. The number of anilines is 1. The summed E-state index contributed by atoms with van der Waals surface area (Å²) in [6, 6.07) is 20.5. The van der Waals surface area contributed by atoms with Crippen LogP contribution in [0, 0.1) is 23.7 Å². The van der Waals surface area contributed by atoms with E-state index in [9.17, 15) is 19.6 Å². The first kappa shape index (κ1) is 26.8. The summed E-state index contributed by atoms with van der Waals surface area (Å²) in [7, 11) is 0. The van der Waals surface area contributed by atoms with Crippen LogP contribution >= 0.6 is 0 Å². The van der Waals surface area contributed by atoms with Crippen LogP contribution in [0.5, 0.6) is 0 Å². The van der Waals surface area contributed by atoms with Crippen LogP contribution < -0.4 is 10.6 Å². The molecule has 37 heavy (non-hydrogen) atoms. The van der Waals surface area contributed by atoms with Crippen molar-refractivity contribution in [1.29, 1.82) is 5.26 Å². The molecule has 0 spiro atoms. The number of hydrogen-bond acceptors (Lipinski definition) is 5. The zero-order chi connectivity index (χ0) is 27.0. The van der Waals surface area contributed by atoms with Gasteiger partial charge in [-0.25, -0.2) is 4.79 Å². The van der Waals surface area contributed by atoms with Crippen molar-refractivity contribution in [2.45, 2.75) is 32.4 Å². The van der Waals surface area contributed by atoms with Crippen LogP contribution in [0.15, 0.2) is 66.7 Å². The van der Waals surface area contributed by atoms with E-state index >= 15 is 0 Å². The first-order valence-electron chi connectivity index (χ1n) is 11.6. The minimum Gasteiger partial charge on any atom is -0.444 e. The van der Waals surface area contributed by atoms with E-state index in [0.29, 0.717) is 16.8 Å². The number of fused-ring (bicyclic) bond motifs is 1. The largest absolute Gasteiger partial charge is 0.444 e. The van der Waals surface area contributed by atoms with Gasteiger partial charge in [-0.2, -0.15) is 5.26 Å².